The Hall–Kier alpha value is -1.70. The van der Waals surface area contributed by atoms with E-state index in [-0.39, 0.29) is 5.91 Å². The first-order valence-corrected chi connectivity index (χ1v) is 9.29. The zero-order chi connectivity index (χ0) is 18.1. The Labute approximate surface area is 155 Å². The van der Waals surface area contributed by atoms with Gasteiger partial charge in [0.2, 0.25) is 0 Å². The van der Waals surface area contributed by atoms with Crippen LogP contribution in [0.3, 0.4) is 0 Å². The number of morpholine rings is 1. The summed E-state index contributed by atoms with van der Waals surface area (Å²) >= 11 is 5.35. The molecule has 1 aliphatic rings. The molecule has 1 fully saturated rings. The zero-order valence-electron chi connectivity index (χ0n) is 15.1. The SMILES string of the molecule is CCN(CC)C(=O)c1cccc(NC(=S)NCCN2CCOCC2)c1. The van der Waals surface area contributed by atoms with Crippen LogP contribution in [0.2, 0.25) is 0 Å². The maximum Gasteiger partial charge on any atom is 0.253 e. The number of nitrogens with one attached hydrogen (secondary N) is 2. The lowest BCUT2D eigenvalue weighted by Crippen LogP contribution is -2.42. The van der Waals surface area contributed by atoms with E-state index < -0.39 is 0 Å². The molecule has 0 aliphatic carbocycles. The third-order valence-electron chi connectivity index (χ3n) is 4.24. The second-order valence-corrected chi connectivity index (χ2v) is 6.30. The van der Waals surface area contributed by atoms with E-state index in [0.717, 1.165) is 45.1 Å². The minimum absolute atomic E-state index is 0.0415. The van der Waals surface area contributed by atoms with Crippen LogP contribution < -0.4 is 10.6 Å². The molecule has 0 spiro atoms. The molecular weight excluding hydrogens is 336 g/mol. The van der Waals surface area contributed by atoms with E-state index in [1.807, 2.05) is 38.1 Å². The van der Waals surface area contributed by atoms with Gasteiger partial charge in [-0.2, -0.15) is 0 Å². The molecule has 1 heterocycles. The lowest BCUT2D eigenvalue weighted by atomic mass is 10.1. The van der Waals surface area contributed by atoms with Crippen LogP contribution in [-0.2, 0) is 4.74 Å². The molecule has 0 atom stereocenters. The Morgan fingerprint density at radius 2 is 2.00 bits per heavy atom. The molecule has 1 aromatic rings. The van der Waals surface area contributed by atoms with E-state index >= 15 is 0 Å². The molecule has 2 N–H and O–H groups in total. The third-order valence-corrected chi connectivity index (χ3v) is 4.48. The summed E-state index contributed by atoms with van der Waals surface area (Å²) < 4.78 is 5.34. The predicted molar refractivity (Wildman–Crippen MR) is 105 cm³/mol. The highest BCUT2D eigenvalue weighted by atomic mass is 32.1. The number of amides is 1. The van der Waals surface area contributed by atoms with Gasteiger partial charge in [-0.15, -0.1) is 0 Å². The third kappa shape index (κ3) is 6.26. The van der Waals surface area contributed by atoms with Crippen LogP contribution in [0.5, 0.6) is 0 Å². The van der Waals surface area contributed by atoms with Crippen molar-refractivity contribution >= 4 is 28.9 Å². The monoisotopic (exact) mass is 364 g/mol. The number of carbonyl (C=O) groups is 1. The minimum atomic E-state index is 0.0415. The standard InChI is InChI=1S/C18H28N4O2S/c1-3-22(4-2)17(23)15-6-5-7-16(14-15)20-18(25)19-8-9-21-10-12-24-13-11-21/h5-7,14H,3-4,8-13H2,1-2H3,(H2,19,20,25). The number of hydrogen-bond donors (Lipinski definition) is 2. The molecule has 138 valence electrons. The molecule has 1 amide bonds. The van der Waals surface area contributed by atoms with Crippen molar-refractivity contribution in [2.45, 2.75) is 13.8 Å². The van der Waals surface area contributed by atoms with Crippen LogP contribution in [0.25, 0.3) is 0 Å². The molecule has 1 saturated heterocycles. The molecule has 2 rings (SSSR count). The molecule has 1 aliphatic heterocycles. The van der Waals surface area contributed by atoms with Gasteiger partial charge in [-0.05, 0) is 44.3 Å². The number of nitrogens with zero attached hydrogens (tertiary/aromatic N) is 2. The molecule has 0 bridgehead atoms. The first-order valence-electron chi connectivity index (χ1n) is 8.88. The summed E-state index contributed by atoms with van der Waals surface area (Å²) in [6, 6.07) is 7.46. The summed E-state index contributed by atoms with van der Waals surface area (Å²) in [5.74, 6) is 0.0415. The largest absolute Gasteiger partial charge is 0.379 e. The second-order valence-electron chi connectivity index (χ2n) is 5.89. The average molecular weight is 365 g/mol. The summed E-state index contributed by atoms with van der Waals surface area (Å²) in [7, 11) is 0. The van der Waals surface area contributed by atoms with Crippen LogP contribution >= 0.6 is 12.2 Å². The van der Waals surface area contributed by atoms with Gasteiger partial charge in [0.05, 0.1) is 13.2 Å². The van der Waals surface area contributed by atoms with E-state index in [9.17, 15) is 4.79 Å². The Bertz CT molecular complexity index is 572. The lowest BCUT2D eigenvalue weighted by Gasteiger charge is -2.26. The highest BCUT2D eigenvalue weighted by Gasteiger charge is 2.13. The van der Waals surface area contributed by atoms with Crippen LogP contribution in [0, 0.1) is 0 Å². The maximum absolute atomic E-state index is 12.4. The Balaban J connectivity index is 1.82. The van der Waals surface area contributed by atoms with Gasteiger partial charge >= 0.3 is 0 Å². The van der Waals surface area contributed by atoms with Gasteiger partial charge in [0, 0.05) is 50.5 Å². The fraction of sp³-hybridized carbons (Fsp3) is 0.556. The van der Waals surface area contributed by atoms with Crippen molar-refractivity contribution in [1.82, 2.24) is 15.1 Å². The van der Waals surface area contributed by atoms with Crippen molar-refractivity contribution < 1.29 is 9.53 Å². The molecule has 0 aromatic heterocycles. The highest BCUT2D eigenvalue weighted by molar-refractivity contribution is 7.80. The Kier molecular flexibility index (Phi) is 8.11. The number of thiocarbonyl (C=S) groups is 1. The van der Waals surface area contributed by atoms with Crippen LogP contribution in [-0.4, -0.2) is 73.3 Å². The van der Waals surface area contributed by atoms with Crippen LogP contribution in [0.4, 0.5) is 5.69 Å². The number of hydrogen-bond acceptors (Lipinski definition) is 4. The number of benzene rings is 1. The van der Waals surface area contributed by atoms with Gasteiger partial charge in [-0.1, -0.05) is 6.07 Å². The van der Waals surface area contributed by atoms with Gasteiger partial charge in [0.15, 0.2) is 5.11 Å². The van der Waals surface area contributed by atoms with E-state index in [1.165, 1.54) is 0 Å². The average Bonchev–Trinajstić information content (AvgIpc) is 2.63. The van der Waals surface area contributed by atoms with Crippen molar-refractivity contribution in [3.05, 3.63) is 29.8 Å². The lowest BCUT2D eigenvalue weighted by molar-refractivity contribution is 0.0389. The molecule has 0 radical (unpaired) electrons. The highest BCUT2D eigenvalue weighted by Crippen LogP contribution is 2.13. The Morgan fingerprint density at radius 3 is 2.68 bits per heavy atom. The van der Waals surface area contributed by atoms with Crippen LogP contribution in [0.15, 0.2) is 24.3 Å². The van der Waals surface area contributed by atoms with Crippen LogP contribution in [0.1, 0.15) is 24.2 Å². The van der Waals surface area contributed by atoms with Gasteiger partial charge in [0.25, 0.3) is 5.91 Å². The summed E-state index contributed by atoms with van der Waals surface area (Å²) in [6.07, 6.45) is 0. The predicted octanol–water partition coefficient (Wildman–Crippen LogP) is 1.79. The smallest absolute Gasteiger partial charge is 0.253 e. The van der Waals surface area contributed by atoms with Gasteiger partial charge in [-0.3, -0.25) is 9.69 Å². The van der Waals surface area contributed by atoms with Crippen molar-refractivity contribution in [2.24, 2.45) is 0 Å². The molecule has 7 heteroatoms. The van der Waals surface area contributed by atoms with E-state index in [4.69, 9.17) is 17.0 Å². The van der Waals surface area contributed by atoms with E-state index in [1.54, 1.807) is 4.90 Å². The molecule has 6 nitrogen and oxygen atoms in total. The molecule has 1 aromatic carbocycles. The fourth-order valence-electron chi connectivity index (χ4n) is 2.75. The fourth-order valence-corrected chi connectivity index (χ4v) is 2.97. The first kappa shape index (κ1) is 19.6. The van der Waals surface area contributed by atoms with Gasteiger partial charge < -0.3 is 20.3 Å². The molecule has 0 saturated carbocycles. The normalized spacial score (nSPS) is 14.8. The summed E-state index contributed by atoms with van der Waals surface area (Å²) in [5.41, 5.74) is 1.49. The van der Waals surface area contributed by atoms with E-state index in [0.29, 0.717) is 23.8 Å². The molecule has 0 unspecified atom stereocenters. The van der Waals surface area contributed by atoms with Crippen molar-refractivity contribution in [3.63, 3.8) is 0 Å². The number of anilines is 1. The second kappa shape index (κ2) is 10.3. The molecule has 25 heavy (non-hydrogen) atoms. The first-order chi connectivity index (χ1) is 12.1. The Morgan fingerprint density at radius 1 is 1.28 bits per heavy atom. The van der Waals surface area contributed by atoms with E-state index in [2.05, 4.69) is 15.5 Å². The van der Waals surface area contributed by atoms with Gasteiger partial charge in [-0.25, -0.2) is 0 Å². The number of carbonyl (C=O) groups excluding carboxylic acids is 1. The van der Waals surface area contributed by atoms with Gasteiger partial charge in [0.1, 0.15) is 0 Å². The minimum Gasteiger partial charge on any atom is -0.379 e. The molecular formula is C18H28N4O2S. The summed E-state index contributed by atoms with van der Waals surface area (Å²) in [6.45, 7) is 10.6. The topological polar surface area (TPSA) is 56.8 Å². The summed E-state index contributed by atoms with van der Waals surface area (Å²) in [5, 5.41) is 6.94. The quantitative estimate of drug-likeness (QED) is 0.720. The van der Waals surface area contributed by atoms with Crippen molar-refractivity contribution in [1.29, 1.82) is 0 Å². The zero-order valence-corrected chi connectivity index (χ0v) is 15.9. The van der Waals surface area contributed by atoms with Crippen molar-refractivity contribution in [3.8, 4) is 0 Å². The maximum atomic E-state index is 12.4. The number of rotatable bonds is 7. The number of ether oxygens (including phenoxy) is 1. The van der Waals surface area contributed by atoms with Crippen molar-refractivity contribution in [2.75, 3.05) is 57.8 Å². The summed E-state index contributed by atoms with van der Waals surface area (Å²) in [4.78, 5) is 16.6.